The van der Waals surface area contributed by atoms with Crippen LogP contribution in [0.5, 0.6) is 46.0 Å². The number of carbonyl (C=O) groups is 8. The lowest BCUT2D eigenvalue weighted by Gasteiger charge is -2.15. The fraction of sp³-hybridized carbons (Fsp3) is 0.129. The van der Waals surface area contributed by atoms with E-state index in [1.807, 2.05) is 0 Å². The minimum absolute atomic E-state index is 0.000363. The van der Waals surface area contributed by atoms with E-state index >= 15 is 0 Å². The number of ether oxygens (including phenoxy) is 8. The molecule has 78 heavy (non-hydrogen) atoms. The second kappa shape index (κ2) is 24.9. The summed E-state index contributed by atoms with van der Waals surface area (Å²) in [6.07, 6.45) is 0. The highest BCUT2D eigenvalue weighted by Crippen LogP contribution is 2.42. The van der Waals surface area contributed by atoms with Crippen LogP contribution in [-0.2, 0) is 38.4 Å². The first kappa shape index (κ1) is 58.7. The molecule has 0 aliphatic heterocycles. The highest BCUT2D eigenvalue weighted by molar-refractivity contribution is 6.11. The highest BCUT2D eigenvalue weighted by Gasteiger charge is 2.23. The number of hydrogen-bond donors (Lipinski definition) is 0. The Hall–Kier alpha value is -10.2. The van der Waals surface area contributed by atoms with E-state index in [-0.39, 0.29) is 90.6 Å². The molecule has 0 aliphatic rings. The molecule has 0 saturated carbocycles. The van der Waals surface area contributed by atoms with Crippen molar-refractivity contribution in [3.05, 3.63) is 182 Å². The summed E-state index contributed by atoms with van der Waals surface area (Å²) in [5, 5.41) is 3.68. The van der Waals surface area contributed by atoms with Crippen molar-refractivity contribution in [3.63, 3.8) is 0 Å². The van der Waals surface area contributed by atoms with Crippen LogP contribution >= 0.6 is 0 Å². The number of rotatable bonds is 17. The van der Waals surface area contributed by atoms with Crippen LogP contribution in [0, 0.1) is 0 Å². The molecule has 6 aromatic carbocycles. The fourth-order valence-corrected chi connectivity index (χ4v) is 6.33. The summed E-state index contributed by atoms with van der Waals surface area (Å²) >= 11 is 0. The molecule has 6 aromatic rings. The van der Waals surface area contributed by atoms with Gasteiger partial charge in [0.05, 0.1) is 0 Å². The number of fused-ring (bicyclic) bond motifs is 4. The van der Waals surface area contributed by atoms with Crippen LogP contribution < -0.4 is 37.9 Å². The van der Waals surface area contributed by atoms with Crippen molar-refractivity contribution in [2.45, 2.75) is 55.4 Å². The molecule has 0 fully saturated rings. The molecule has 0 atom stereocenters. The zero-order valence-electron chi connectivity index (χ0n) is 44.3. The zero-order valence-corrected chi connectivity index (χ0v) is 44.3. The molecule has 0 unspecified atom stereocenters. The molecule has 0 radical (unpaired) electrons. The predicted octanol–water partition coefficient (Wildman–Crippen LogP) is 12.4. The molecule has 0 amide bonds. The van der Waals surface area contributed by atoms with Gasteiger partial charge < -0.3 is 37.9 Å². The lowest BCUT2D eigenvalue weighted by molar-refractivity contribution is -0.132. The van der Waals surface area contributed by atoms with E-state index in [4.69, 9.17) is 37.9 Å². The van der Waals surface area contributed by atoms with Crippen molar-refractivity contribution in [1.82, 2.24) is 0 Å². The van der Waals surface area contributed by atoms with Crippen LogP contribution in [0.25, 0.3) is 43.4 Å². The zero-order chi connectivity index (χ0) is 58.0. The van der Waals surface area contributed by atoms with Gasteiger partial charge in [0.2, 0.25) is 0 Å². The Morgan fingerprint density at radius 1 is 0.244 bits per heavy atom. The summed E-state index contributed by atoms with van der Waals surface area (Å²) in [5.41, 5.74) is 2.57. The van der Waals surface area contributed by atoms with Crippen molar-refractivity contribution in [1.29, 1.82) is 0 Å². The second-order valence-electron chi connectivity index (χ2n) is 18.0. The van der Waals surface area contributed by atoms with Gasteiger partial charge in [-0.3, -0.25) is 0 Å². The summed E-state index contributed by atoms with van der Waals surface area (Å²) in [7, 11) is 0. The van der Waals surface area contributed by atoms with Crippen LogP contribution in [0.15, 0.2) is 182 Å². The van der Waals surface area contributed by atoms with E-state index in [0.717, 1.165) is 0 Å². The number of benzene rings is 6. The van der Waals surface area contributed by atoms with E-state index < -0.39 is 47.8 Å². The molecule has 0 bridgehead atoms. The lowest BCUT2D eigenvalue weighted by atomic mass is 10.0. The molecular weight excluding hydrogens is 1000 g/mol. The molecule has 0 saturated heterocycles. The Morgan fingerprint density at radius 2 is 0.462 bits per heavy atom. The maximum atomic E-state index is 12.3. The quantitative estimate of drug-likeness (QED) is 0.0360. The maximum Gasteiger partial charge on any atom is 0.338 e. The average molecular weight is 1060 g/mol. The van der Waals surface area contributed by atoms with Gasteiger partial charge in [-0.2, -0.15) is 0 Å². The summed E-state index contributed by atoms with van der Waals surface area (Å²) in [6, 6.07) is 22.8. The lowest BCUT2D eigenvalue weighted by Crippen LogP contribution is -2.13. The Morgan fingerprint density at radius 3 is 0.769 bits per heavy atom. The van der Waals surface area contributed by atoms with Crippen LogP contribution in [-0.4, -0.2) is 47.8 Å². The fourth-order valence-electron chi connectivity index (χ4n) is 6.33. The molecule has 16 heteroatoms. The van der Waals surface area contributed by atoms with Gasteiger partial charge in [0, 0.05) is 44.6 Å². The molecule has 16 nitrogen and oxygen atoms in total. The first-order valence-corrected chi connectivity index (χ1v) is 23.3. The first-order chi connectivity index (χ1) is 36.5. The minimum atomic E-state index is -0.720. The Balaban J connectivity index is 0.000000288. The van der Waals surface area contributed by atoms with Gasteiger partial charge in [0.25, 0.3) is 0 Å². The summed E-state index contributed by atoms with van der Waals surface area (Å²) < 4.78 is 43.3. The number of carbonyl (C=O) groups excluding carboxylic acids is 8. The van der Waals surface area contributed by atoms with E-state index in [2.05, 4.69) is 52.6 Å². The largest absolute Gasteiger partial charge is 0.419 e. The maximum absolute atomic E-state index is 12.3. The van der Waals surface area contributed by atoms with E-state index in [1.165, 1.54) is 85.7 Å². The molecule has 6 rings (SSSR count). The Labute approximate surface area is 449 Å². The number of hydrogen-bond acceptors (Lipinski definition) is 16. The third kappa shape index (κ3) is 14.8. The van der Waals surface area contributed by atoms with E-state index in [9.17, 15) is 38.4 Å². The van der Waals surface area contributed by atoms with Crippen molar-refractivity contribution in [3.8, 4) is 57.1 Å². The predicted molar refractivity (Wildman–Crippen MR) is 294 cm³/mol. The SMILES string of the molecule is C=C(C)C(=O)Oc1cc2ccc3cc(OC(=O)C(=C)C)c(OC(=O)C(=C)C)cc3c2cc1OC(=O)C(=C)C.C=C(C)C(=O)Oc1ccc(-c2ccc3cc(OC(=O)C(=C)C)c(OC(=O)C(=C)C)cc3c2)cc1OC(=O)C(=C)C. The molecule has 0 spiro atoms. The Kier molecular flexibility index (Phi) is 18.7. The molecule has 0 N–H and O–H groups in total. The van der Waals surface area contributed by atoms with Crippen molar-refractivity contribution in [2.75, 3.05) is 0 Å². The van der Waals surface area contributed by atoms with Crippen LogP contribution in [0.1, 0.15) is 55.4 Å². The third-order valence-electron chi connectivity index (χ3n) is 10.6. The smallest absolute Gasteiger partial charge is 0.338 e. The van der Waals surface area contributed by atoms with E-state index in [0.29, 0.717) is 43.4 Å². The number of esters is 8. The topological polar surface area (TPSA) is 210 Å². The van der Waals surface area contributed by atoms with Gasteiger partial charge in [-0.25, -0.2) is 38.4 Å². The summed E-state index contributed by atoms with van der Waals surface area (Å²) in [5.74, 6) is -5.53. The van der Waals surface area contributed by atoms with Gasteiger partial charge >= 0.3 is 47.8 Å². The monoisotopic (exact) mass is 1050 g/mol. The van der Waals surface area contributed by atoms with Gasteiger partial charge in [0.15, 0.2) is 46.0 Å². The third-order valence-corrected chi connectivity index (χ3v) is 10.6. The average Bonchev–Trinajstić information content (AvgIpc) is 3.40. The molecule has 398 valence electrons. The minimum Gasteiger partial charge on any atom is -0.419 e. The van der Waals surface area contributed by atoms with Gasteiger partial charge in [-0.05, 0) is 153 Å². The van der Waals surface area contributed by atoms with E-state index in [1.54, 1.807) is 54.6 Å². The van der Waals surface area contributed by atoms with Crippen LogP contribution in [0.4, 0.5) is 0 Å². The second-order valence-corrected chi connectivity index (χ2v) is 18.0. The van der Waals surface area contributed by atoms with Crippen molar-refractivity contribution < 1.29 is 76.3 Å². The van der Waals surface area contributed by atoms with Crippen molar-refractivity contribution >= 4 is 80.1 Å². The standard InChI is InChI=1S/C32H28O8.C30H26O8/c1-17(2)29(33)37-25-12-11-22(14-26(25)38-30(34)18(3)4)21-9-10-23-15-27(39-31(35)19(5)6)28(16-24(23)13-21)40-32(36)20(7)8;1-15(2)27(31)35-23-11-19-9-10-20-12-24(36-28(32)16(3)4)26(38-30(34)18(7)8)14-22(20)21(19)13-25(23)37-29(33)17(5)6/h9-16H,1,3,5,7H2,2,4,6,8H3;9-14H,1,3,5,7H2,2,4,6,8H3. The van der Waals surface area contributed by atoms with Gasteiger partial charge in [0.1, 0.15) is 0 Å². The summed E-state index contributed by atoms with van der Waals surface area (Å²) in [6.45, 7) is 40.6. The first-order valence-electron chi connectivity index (χ1n) is 23.3. The summed E-state index contributed by atoms with van der Waals surface area (Å²) in [4.78, 5) is 97.9. The highest BCUT2D eigenvalue weighted by atomic mass is 16.6. The normalized spacial score (nSPS) is 10.4. The molecular formula is C62H54O16. The molecule has 0 heterocycles. The van der Waals surface area contributed by atoms with Crippen LogP contribution in [0.3, 0.4) is 0 Å². The van der Waals surface area contributed by atoms with Crippen molar-refractivity contribution in [2.24, 2.45) is 0 Å². The van der Waals surface area contributed by atoms with Gasteiger partial charge in [-0.15, -0.1) is 0 Å². The van der Waals surface area contributed by atoms with Crippen LogP contribution in [0.2, 0.25) is 0 Å². The Bertz CT molecular complexity index is 3580. The van der Waals surface area contributed by atoms with Gasteiger partial charge in [-0.1, -0.05) is 83.0 Å². The molecule has 0 aliphatic carbocycles. The molecule has 0 aromatic heterocycles.